The molecule has 0 aliphatic heterocycles. The monoisotopic (exact) mass is 341 g/mol. The number of imidazole rings is 1. The van der Waals surface area contributed by atoms with Crippen LogP contribution in [0.3, 0.4) is 0 Å². The van der Waals surface area contributed by atoms with Gasteiger partial charge in [0.2, 0.25) is 5.16 Å². The quantitative estimate of drug-likeness (QED) is 0.712. The van der Waals surface area contributed by atoms with Crippen molar-refractivity contribution in [3.63, 3.8) is 0 Å². The Bertz CT molecular complexity index is 756. The molecule has 0 unspecified atom stereocenters. The molecule has 2 aromatic heterocycles. The second-order valence-corrected chi connectivity index (χ2v) is 5.67. The third-order valence-electron chi connectivity index (χ3n) is 2.87. The molecule has 1 N–H and O–H groups in total. The number of benzene rings is 1. The summed E-state index contributed by atoms with van der Waals surface area (Å²) in [6.07, 6.45) is 2.59. The summed E-state index contributed by atoms with van der Waals surface area (Å²) in [4.78, 5) is 8.22. The molecule has 9 heteroatoms. The number of nitrogens with one attached hydrogen (secondary N) is 1. The van der Waals surface area contributed by atoms with E-state index in [0.717, 1.165) is 10.1 Å². The lowest BCUT2D eigenvalue weighted by Crippen LogP contribution is -2.02. The summed E-state index contributed by atoms with van der Waals surface area (Å²) >= 11 is 7.06. The van der Waals surface area contributed by atoms with Gasteiger partial charge in [0.1, 0.15) is 5.82 Å². The molecule has 0 saturated heterocycles. The maximum Gasteiger partial charge on any atom is 0.319 e. The van der Waals surface area contributed by atoms with E-state index in [1.54, 1.807) is 12.1 Å². The van der Waals surface area contributed by atoms with Gasteiger partial charge >= 0.3 is 6.55 Å². The van der Waals surface area contributed by atoms with E-state index in [9.17, 15) is 8.78 Å². The number of hydrogen-bond donors (Lipinski definition) is 1. The lowest BCUT2D eigenvalue weighted by molar-refractivity contribution is 0.0678. The lowest BCUT2D eigenvalue weighted by Gasteiger charge is -2.04. The largest absolute Gasteiger partial charge is 0.319 e. The first-order chi connectivity index (χ1) is 10.6. The fourth-order valence-electron chi connectivity index (χ4n) is 1.81. The van der Waals surface area contributed by atoms with E-state index in [1.807, 2.05) is 12.1 Å². The fourth-order valence-corrected chi connectivity index (χ4v) is 2.68. The molecule has 0 spiro atoms. The zero-order valence-corrected chi connectivity index (χ0v) is 12.7. The summed E-state index contributed by atoms with van der Waals surface area (Å²) in [6, 6.07) is 7.15. The summed E-state index contributed by atoms with van der Waals surface area (Å²) in [6.45, 7) is -2.60. The van der Waals surface area contributed by atoms with Crippen LogP contribution in [-0.4, -0.2) is 24.7 Å². The number of nitrogens with zero attached hydrogens (tertiary/aromatic N) is 4. The van der Waals surface area contributed by atoms with Crippen LogP contribution in [0, 0.1) is 0 Å². The fraction of sp³-hybridized carbons (Fsp3) is 0.154. The zero-order chi connectivity index (χ0) is 15.5. The summed E-state index contributed by atoms with van der Waals surface area (Å²) in [5.41, 5.74) is 0.845. The van der Waals surface area contributed by atoms with Crippen molar-refractivity contribution >= 4 is 23.4 Å². The van der Waals surface area contributed by atoms with Crippen molar-refractivity contribution in [2.45, 2.75) is 17.5 Å². The minimum atomic E-state index is -2.60. The van der Waals surface area contributed by atoms with Gasteiger partial charge in [0, 0.05) is 23.0 Å². The number of aromatic amines is 1. The lowest BCUT2D eigenvalue weighted by atomic mass is 10.2. The smallest absolute Gasteiger partial charge is 0.277 e. The average molecular weight is 342 g/mol. The molecule has 3 rings (SSSR count). The molecule has 3 aromatic rings. The van der Waals surface area contributed by atoms with Crippen molar-refractivity contribution < 1.29 is 8.78 Å². The van der Waals surface area contributed by atoms with E-state index in [1.165, 1.54) is 24.2 Å². The minimum Gasteiger partial charge on any atom is -0.277 e. The topological polar surface area (TPSA) is 59.4 Å². The van der Waals surface area contributed by atoms with Crippen LogP contribution in [0.4, 0.5) is 8.78 Å². The standard InChI is InChI=1S/C13H10ClF2N5S/c14-9-3-1-8(2-4-9)11-18-13(20-19-11)22-7-10-17-5-6-21(10)12(15)16/h1-6,12H,7H2,(H,18,19,20). The molecular weight excluding hydrogens is 332 g/mol. The number of rotatable bonds is 5. The van der Waals surface area contributed by atoms with Gasteiger partial charge in [-0.1, -0.05) is 23.4 Å². The molecule has 0 radical (unpaired) electrons. The van der Waals surface area contributed by atoms with Gasteiger partial charge in [-0.25, -0.2) is 9.97 Å². The van der Waals surface area contributed by atoms with Gasteiger partial charge in [-0.15, -0.1) is 5.10 Å². The van der Waals surface area contributed by atoms with Crippen LogP contribution < -0.4 is 0 Å². The molecule has 0 saturated carbocycles. The number of hydrogen-bond acceptors (Lipinski definition) is 4. The SMILES string of the molecule is FC(F)n1ccnc1CSc1n[nH]c(-c2ccc(Cl)cc2)n1. The Kier molecular flexibility index (Phi) is 4.39. The highest BCUT2D eigenvalue weighted by atomic mass is 35.5. The Balaban J connectivity index is 1.69. The molecular formula is C13H10ClF2N5S. The predicted octanol–water partition coefficient (Wildman–Crippen LogP) is 4.01. The van der Waals surface area contributed by atoms with Crippen LogP contribution in [0.25, 0.3) is 11.4 Å². The van der Waals surface area contributed by atoms with Gasteiger partial charge < -0.3 is 0 Å². The molecule has 5 nitrogen and oxygen atoms in total. The second kappa shape index (κ2) is 6.45. The van der Waals surface area contributed by atoms with E-state index in [2.05, 4.69) is 20.2 Å². The molecule has 2 heterocycles. The Morgan fingerprint density at radius 3 is 2.77 bits per heavy atom. The minimum absolute atomic E-state index is 0.259. The van der Waals surface area contributed by atoms with Gasteiger partial charge in [-0.2, -0.15) is 8.78 Å². The van der Waals surface area contributed by atoms with Crippen molar-refractivity contribution in [3.05, 3.63) is 47.5 Å². The molecule has 0 atom stereocenters. The highest BCUT2D eigenvalue weighted by molar-refractivity contribution is 7.98. The van der Waals surface area contributed by atoms with Crippen LogP contribution in [0.5, 0.6) is 0 Å². The second-order valence-electron chi connectivity index (χ2n) is 4.29. The highest BCUT2D eigenvalue weighted by Crippen LogP contribution is 2.24. The number of alkyl halides is 2. The van der Waals surface area contributed by atoms with Crippen LogP contribution >= 0.6 is 23.4 Å². The molecule has 114 valence electrons. The molecule has 0 aliphatic carbocycles. The van der Waals surface area contributed by atoms with Gasteiger partial charge in [-0.05, 0) is 24.3 Å². The Hall–Kier alpha value is -1.93. The number of aromatic nitrogens is 5. The third kappa shape index (κ3) is 3.28. The van der Waals surface area contributed by atoms with Crippen molar-refractivity contribution in [3.8, 4) is 11.4 Å². The van der Waals surface area contributed by atoms with E-state index in [0.29, 0.717) is 16.0 Å². The molecule has 0 bridgehead atoms. The third-order valence-corrected chi connectivity index (χ3v) is 3.97. The van der Waals surface area contributed by atoms with Gasteiger partial charge in [0.15, 0.2) is 5.82 Å². The van der Waals surface area contributed by atoms with Crippen LogP contribution in [0.15, 0.2) is 41.8 Å². The van der Waals surface area contributed by atoms with Crippen LogP contribution in [0.2, 0.25) is 5.02 Å². The molecule has 1 aromatic carbocycles. The van der Waals surface area contributed by atoms with E-state index in [4.69, 9.17) is 11.6 Å². The first kappa shape index (κ1) is 15.0. The summed E-state index contributed by atoms with van der Waals surface area (Å²) in [7, 11) is 0. The first-order valence-corrected chi connectivity index (χ1v) is 7.61. The Morgan fingerprint density at radius 1 is 1.27 bits per heavy atom. The average Bonchev–Trinajstić information content (AvgIpc) is 3.15. The van der Waals surface area contributed by atoms with Gasteiger partial charge in [0.25, 0.3) is 0 Å². The van der Waals surface area contributed by atoms with Crippen molar-refractivity contribution in [1.82, 2.24) is 24.7 Å². The normalized spacial score (nSPS) is 11.3. The van der Waals surface area contributed by atoms with E-state index < -0.39 is 6.55 Å². The first-order valence-electron chi connectivity index (χ1n) is 6.24. The van der Waals surface area contributed by atoms with E-state index in [-0.39, 0.29) is 11.6 Å². The summed E-state index contributed by atoms with van der Waals surface area (Å²) in [5, 5.41) is 7.97. The molecule has 0 fully saturated rings. The van der Waals surface area contributed by atoms with E-state index >= 15 is 0 Å². The van der Waals surface area contributed by atoms with Crippen LogP contribution in [-0.2, 0) is 5.75 Å². The predicted molar refractivity (Wildman–Crippen MR) is 79.9 cm³/mol. The van der Waals surface area contributed by atoms with Crippen molar-refractivity contribution in [2.24, 2.45) is 0 Å². The van der Waals surface area contributed by atoms with Crippen molar-refractivity contribution in [1.29, 1.82) is 0 Å². The zero-order valence-electron chi connectivity index (χ0n) is 11.1. The molecule has 0 amide bonds. The molecule has 0 aliphatic rings. The van der Waals surface area contributed by atoms with Gasteiger partial charge in [0.05, 0.1) is 5.75 Å². The van der Waals surface area contributed by atoms with Crippen LogP contribution in [0.1, 0.15) is 12.4 Å². The van der Waals surface area contributed by atoms with Gasteiger partial charge in [-0.3, -0.25) is 9.67 Å². The summed E-state index contributed by atoms with van der Waals surface area (Å²) in [5.74, 6) is 1.13. The maximum absolute atomic E-state index is 12.7. The maximum atomic E-state index is 12.7. The Morgan fingerprint density at radius 2 is 2.05 bits per heavy atom. The number of H-pyrrole nitrogens is 1. The molecule has 22 heavy (non-hydrogen) atoms. The summed E-state index contributed by atoms with van der Waals surface area (Å²) < 4.78 is 26.2. The highest BCUT2D eigenvalue weighted by Gasteiger charge is 2.13. The number of halogens is 3. The Labute approximate surface area is 133 Å². The van der Waals surface area contributed by atoms with Crippen molar-refractivity contribution in [2.75, 3.05) is 0 Å². The number of thioether (sulfide) groups is 1.